The van der Waals surface area contributed by atoms with Crippen LogP contribution in [-0.4, -0.2) is 23.9 Å². The van der Waals surface area contributed by atoms with Gasteiger partial charge in [0.15, 0.2) is 0 Å². The zero-order valence-electron chi connectivity index (χ0n) is 16.8. The highest BCUT2D eigenvalue weighted by Gasteiger charge is 2.36. The van der Waals surface area contributed by atoms with Crippen LogP contribution in [0.25, 0.3) is 0 Å². The summed E-state index contributed by atoms with van der Waals surface area (Å²) in [6.07, 6.45) is 8.15. The second-order valence-electron chi connectivity index (χ2n) is 8.18. The van der Waals surface area contributed by atoms with E-state index in [1.165, 1.54) is 12.1 Å². The number of allylic oxidation sites excluding steroid dienone is 3. The lowest BCUT2D eigenvalue weighted by Gasteiger charge is -2.32. The fraction of sp³-hybridized carbons (Fsp3) is 0.522. The Labute approximate surface area is 176 Å². The lowest BCUT2D eigenvalue weighted by atomic mass is 9.74. The third-order valence-corrected chi connectivity index (χ3v) is 6.56. The van der Waals surface area contributed by atoms with Gasteiger partial charge in [-0.25, -0.2) is 8.78 Å². The van der Waals surface area contributed by atoms with E-state index in [1.807, 2.05) is 17.1 Å². The van der Waals surface area contributed by atoms with E-state index in [0.29, 0.717) is 42.1 Å². The van der Waals surface area contributed by atoms with E-state index in [2.05, 4.69) is 6.92 Å². The van der Waals surface area contributed by atoms with E-state index in [9.17, 15) is 13.6 Å². The molecule has 2 unspecified atom stereocenters. The normalized spacial score (nSPS) is 23.0. The van der Waals surface area contributed by atoms with Gasteiger partial charge in [0.25, 0.3) is 0 Å². The van der Waals surface area contributed by atoms with Crippen molar-refractivity contribution in [3.8, 4) is 0 Å². The smallest absolute Gasteiger partial charge is 0.222 e. The average molecular weight is 423 g/mol. The zero-order valence-corrected chi connectivity index (χ0v) is 17.6. The number of halogens is 3. The molecule has 158 valence electrons. The Balaban J connectivity index is 1.79. The van der Waals surface area contributed by atoms with Crippen molar-refractivity contribution in [1.82, 2.24) is 4.90 Å². The maximum Gasteiger partial charge on any atom is 0.222 e. The molecule has 0 radical (unpaired) electrons. The maximum absolute atomic E-state index is 14.4. The number of hydrogen-bond acceptors (Lipinski definition) is 2. The molecular formula is C23H29ClF2N2O. The van der Waals surface area contributed by atoms with E-state index >= 15 is 0 Å². The van der Waals surface area contributed by atoms with Crippen molar-refractivity contribution in [2.45, 2.75) is 45.4 Å². The van der Waals surface area contributed by atoms with Crippen LogP contribution >= 0.6 is 11.6 Å². The third kappa shape index (κ3) is 5.39. The molecule has 0 aromatic heterocycles. The molecule has 1 saturated heterocycles. The first-order valence-corrected chi connectivity index (χ1v) is 10.8. The van der Waals surface area contributed by atoms with Gasteiger partial charge in [0.05, 0.1) is 0 Å². The van der Waals surface area contributed by atoms with Crippen LogP contribution in [0.15, 0.2) is 41.1 Å². The molecule has 1 aromatic rings. The van der Waals surface area contributed by atoms with Crippen molar-refractivity contribution in [3.05, 3.63) is 58.3 Å². The van der Waals surface area contributed by atoms with Crippen LogP contribution in [0.3, 0.4) is 0 Å². The Hall–Kier alpha value is -1.88. The lowest BCUT2D eigenvalue weighted by Crippen LogP contribution is -2.32. The third-order valence-electron chi connectivity index (χ3n) is 6.19. The van der Waals surface area contributed by atoms with Crippen molar-refractivity contribution in [1.29, 1.82) is 0 Å². The fourth-order valence-corrected chi connectivity index (χ4v) is 4.72. The molecule has 1 aromatic carbocycles. The molecule has 0 saturated carbocycles. The first-order valence-electron chi connectivity index (χ1n) is 10.4. The minimum atomic E-state index is -0.440. The van der Waals surface area contributed by atoms with Crippen LogP contribution in [0, 0.1) is 29.4 Å². The second-order valence-corrected chi connectivity index (χ2v) is 8.64. The standard InChI is InChI=1S/C23H29ClF2N2O/c1-2-3-4-23(29)28-10-9-16(14-28)19(15-5-8-22(27)20(24)13-15)12-17-11-18(25)6-7-21(17)26/h5-8,11,15-16,19H,2-4,9-10,12-14,27H2,1H3/t15?,16-,19?/m0/s1. The summed E-state index contributed by atoms with van der Waals surface area (Å²) in [5.41, 5.74) is 6.83. The van der Waals surface area contributed by atoms with Gasteiger partial charge in [0.2, 0.25) is 5.91 Å². The predicted molar refractivity (Wildman–Crippen MR) is 112 cm³/mol. The van der Waals surface area contributed by atoms with Crippen LogP contribution in [-0.2, 0) is 11.2 Å². The highest BCUT2D eigenvalue weighted by atomic mass is 35.5. The molecule has 1 aliphatic heterocycles. The highest BCUT2D eigenvalue weighted by Crippen LogP contribution is 2.39. The number of nitrogens with two attached hydrogens (primary N) is 1. The monoisotopic (exact) mass is 422 g/mol. The Kier molecular flexibility index (Phi) is 7.33. The van der Waals surface area contributed by atoms with Gasteiger partial charge in [-0.15, -0.1) is 0 Å². The molecule has 0 spiro atoms. The number of hydrogen-bond donors (Lipinski definition) is 1. The molecule has 3 nitrogen and oxygen atoms in total. The summed E-state index contributed by atoms with van der Waals surface area (Å²) in [7, 11) is 0. The maximum atomic E-state index is 14.4. The van der Waals surface area contributed by atoms with E-state index in [0.717, 1.165) is 31.9 Å². The minimum Gasteiger partial charge on any atom is -0.398 e. The number of unbranched alkanes of at least 4 members (excludes halogenated alkanes) is 1. The molecule has 1 aliphatic carbocycles. The molecule has 0 bridgehead atoms. The number of carbonyl (C=O) groups excluding carboxylic acids is 1. The van der Waals surface area contributed by atoms with E-state index in [1.54, 1.807) is 0 Å². The Morgan fingerprint density at radius 2 is 2.17 bits per heavy atom. The van der Waals surface area contributed by atoms with Crippen molar-refractivity contribution in [3.63, 3.8) is 0 Å². The number of benzene rings is 1. The summed E-state index contributed by atoms with van der Waals surface area (Å²) >= 11 is 6.31. The molecule has 29 heavy (non-hydrogen) atoms. The summed E-state index contributed by atoms with van der Waals surface area (Å²) < 4.78 is 28.1. The number of nitrogens with zero attached hydrogens (tertiary/aromatic N) is 1. The molecule has 3 rings (SSSR count). The Morgan fingerprint density at radius 1 is 1.38 bits per heavy atom. The summed E-state index contributed by atoms with van der Waals surface area (Å²) in [4.78, 5) is 14.4. The van der Waals surface area contributed by atoms with Crippen molar-refractivity contribution >= 4 is 17.5 Å². The second kappa shape index (κ2) is 9.75. The molecule has 3 atom stereocenters. The average Bonchev–Trinajstić information content (AvgIpc) is 3.19. The van der Waals surface area contributed by atoms with Gasteiger partial charge in [0, 0.05) is 30.2 Å². The number of amides is 1. The Bertz CT molecular complexity index is 808. The van der Waals surface area contributed by atoms with E-state index in [4.69, 9.17) is 17.3 Å². The van der Waals surface area contributed by atoms with Gasteiger partial charge >= 0.3 is 0 Å². The van der Waals surface area contributed by atoms with Crippen molar-refractivity contribution in [2.24, 2.45) is 23.5 Å². The van der Waals surface area contributed by atoms with Crippen molar-refractivity contribution in [2.75, 3.05) is 13.1 Å². The predicted octanol–water partition coefficient (Wildman–Crippen LogP) is 5.15. The first kappa shape index (κ1) is 21.8. The van der Waals surface area contributed by atoms with Gasteiger partial charge in [-0.1, -0.05) is 31.0 Å². The minimum absolute atomic E-state index is 0.0494. The van der Waals surface area contributed by atoms with Crippen LogP contribution in [0.2, 0.25) is 0 Å². The molecular weight excluding hydrogens is 394 g/mol. The fourth-order valence-electron chi connectivity index (χ4n) is 4.48. The van der Waals surface area contributed by atoms with Crippen LogP contribution in [0.5, 0.6) is 0 Å². The number of rotatable bonds is 7. The first-order chi connectivity index (χ1) is 13.9. The van der Waals surface area contributed by atoms with Crippen LogP contribution in [0.1, 0.15) is 44.6 Å². The summed E-state index contributed by atoms with van der Waals surface area (Å²) in [6.45, 7) is 3.45. The quantitative estimate of drug-likeness (QED) is 0.660. The summed E-state index contributed by atoms with van der Waals surface area (Å²) in [5, 5.41) is 0.607. The molecule has 1 fully saturated rings. The van der Waals surface area contributed by atoms with Crippen LogP contribution < -0.4 is 5.73 Å². The van der Waals surface area contributed by atoms with E-state index in [-0.39, 0.29) is 23.7 Å². The van der Waals surface area contributed by atoms with Crippen molar-refractivity contribution < 1.29 is 13.6 Å². The lowest BCUT2D eigenvalue weighted by molar-refractivity contribution is -0.130. The molecule has 2 aliphatic rings. The van der Waals surface area contributed by atoms with Gasteiger partial charge in [-0.2, -0.15) is 0 Å². The number of likely N-dealkylation sites (tertiary alicyclic amines) is 1. The summed E-state index contributed by atoms with van der Waals surface area (Å²) in [5.74, 6) is -0.315. The largest absolute Gasteiger partial charge is 0.398 e. The molecule has 1 heterocycles. The molecule has 2 N–H and O–H groups in total. The van der Waals surface area contributed by atoms with Gasteiger partial charge < -0.3 is 10.6 Å². The summed E-state index contributed by atoms with van der Waals surface area (Å²) in [6, 6.07) is 3.59. The molecule has 1 amide bonds. The topological polar surface area (TPSA) is 46.3 Å². The Morgan fingerprint density at radius 3 is 2.90 bits per heavy atom. The molecule has 6 heteroatoms. The highest BCUT2D eigenvalue weighted by molar-refractivity contribution is 6.30. The van der Waals surface area contributed by atoms with Gasteiger partial charge in [0.1, 0.15) is 11.6 Å². The van der Waals surface area contributed by atoms with Gasteiger partial charge in [-0.3, -0.25) is 4.79 Å². The van der Waals surface area contributed by atoms with Crippen LogP contribution in [0.4, 0.5) is 8.78 Å². The zero-order chi connectivity index (χ0) is 21.0. The number of carbonyl (C=O) groups is 1. The SMILES string of the molecule is CCCCC(=O)N1CC[C@H](C(Cc2cc(F)ccc2F)C2C=CC(N)=C(Cl)C2)C1. The van der Waals surface area contributed by atoms with Gasteiger partial charge in [-0.05, 0) is 73.3 Å². The van der Waals surface area contributed by atoms with E-state index < -0.39 is 11.6 Å².